The number of carbonyl (C=O) groups excluding carboxylic acids is 1. The largest absolute Gasteiger partial charge is 0.493 e. The van der Waals surface area contributed by atoms with Crippen LogP contribution >= 0.6 is 0 Å². The number of hydrogen-bond donors (Lipinski definition) is 2. The fourth-order valence-electron chi connectivity index (χ4n) is 1.59. The van der Waals surface area contributed by atoms with Crippen LogP contribution in [-0.2, 0) is 10.0 Å². The van der Waals surface area contributed by atoms with E-state index in [2.05, 4.69) is 5.32 Å². The lowest BCUT2D eigenvalue weighted by molar-refractivity contribution is 0.0935. The third-order valence-corrected chi connectivity index (χ3v) is 3.51. The van der Waals surface area contributed by atoms with Crippen LogP contribution in [0, 0.1) is 5.41 Å². The second-order valence-corrected chi connectivity index (χ2v) is 7.44. The molecular weight excluding hydrogens is 292 g/mol. The number of carbonyl (C=O) groups is 1. The summed E-state index contributed by atoms with van der Waals surface area (Å²) >= 11 is 0. The average Bonchev–Trinajstić information content (AvgIpc) is 2.34. The Labute approximate surface area is 125 Å². The Bertz CT molecular complexity index is 618. The molecule has 3 N–H and O–H groups in total. The predicted octanol–water partition coefficient (Wildman–Crippen LogP) is 1.51. The van der Waals surface area contributed by atoms with Gasteiger partial charge in [-0.1, -0.05) is 20.8 Å². The number of nitrogens with two attached hydrogens (primary N) is 1. The van der Waals surface area contributed by atoms with Gasteiger partial charge < -0.3 is 10.1 Å². The minimum Gasteiger partial charge on any atom is -0.493 e. The highest BCUT2D eigenvalue weighted by Gasteiger charge is 2.19. The van der Waals surface area contributed by atoms with E-state index in [1.165, 1.54) is 18.2 Å². The summed E-state index contributed by atoms with van der Waals surface area (Å²) in [7, 11) is -3.87. The summed E-state index contributed by atoms with van der Waals surface area (Å²) in [5, 5.41) is 7.85. The summed E-state index contributed by atoms with van der Waals surface area (Å²) < 4.78 is 28.2. The minimum atomic E-state index is -3.87. The van der Waals surface area contributed by atoms with Crippen molar-refractivity contribution in [2.45, 2.75) is 32.6 Å². The molecule has 1 rings (SSSR count). The van der Waals surface area contributed by atoms with Crippen LogP contribution in [-0.4, -0.2) is 27.5 Å². The standard InChI is InChI=1S/C14H22N2O4S/c1-5-20-12-7-6-10(21(15,18)19)8-11(12)13(17)16-9-14(2,3)4/h6-8H,5,9H2,1-4H3,(H,16,17)(H2,15,18,19). The van der Waals surface area contributed by atoms with Gasteiger partial charge in [-0.3, -0.25) is 4.79 Å². The van der Waals surface area contributed by atoms with Gasteiger partial charge in [0.15, 0.2) is 0 Å². The number of rotatable bonds is 5. The topological polar surface area (TPSA) is 98.5 Å². The van der Waals surface area contributed by atoms with Crippen LogP contribution in [0.1, 0.15) is 38.1 Å². The molecule has 0 aliphatic heterocycles. The maximum Gasteiger partial charge on any atom is 0.255 e. The van der Waals surface area contributed by atoms with E-state index < -0.39 is 10.0 Å². The number of nitrogens with one attached hydrogen (secondary N) is 1. The fraction of sp³-hybridized carbons (Fsp3) is 0.500. The van der Waals surface area contributed by atoms with Crippen molar-refractivity contribution in [3.05, 3.63) is 23.8 Å². The van der Waals surface area contributed by atoms with Crippen LogP contribution in [0.2, 0.25) is 0 Å². The van der Waals surface area contributed by atoms with Gasteiger partial charge in [0.25, 0.3) is 5.91 Å². The molecule has 21 heavy (non-hydrogen) atoms. The molecule has 118 valence electrons. The molecule has 0 unspecified atom stereocenters. The van der Waals surface area contributed by atoms with Gasteiger partial charge in [-0.25, -0.2) is 13.6 Å². The Morgan fingerprint density at radius 1 is 1.33 bits per heavy atom. The molecule has 0 heterocycles. The first kappa shape index (κ1) is 17.5. The number of primary sulfonamides is 1. The fourth-order valence-corrected chi connectivity index (χ4v) is 2.13. The van der Waals surface area contributed by atoms with Crippen molar-refractivity contribution in [3.63, 3.8) is 0 Å². The van der Waals surface area contributed by atoms with Crippen molar-refractivity contribution in [2.24, 2.45) is 10.6 Å². The molecule has 0 spiro atoms. The van der Waals surface area contributed by atoms with Crippen molar-refractivity contribution >= 4 is 15.9 Å². The highest BCUT2D eigenvalue weighted by molar-refractivity contribution is 7.89. The second kappa shape index (κ2) is 6.44. The average molecular weight is 314 g/mol. The first-order valence-electron chi connectivity index (χ1n) is 6.62. The molecule has 0 aromatic heterocycles. The van der Waals surface area contributed by atoms with Gasteiger partial charge in [0.1, 0.15) is 5.75 Å². The molecule has 0 saturated carbocycles. The Morgan fingerprint density at radius 2 is 1.95 bits per heavy atom. The molecule has 7 heteroatoms. The lowest BCUT2D eigenvalue weighted by Gasteiger charge is -2.19. The van der Waals surface area contributed by atoms with Gasteiger partial charge in [0, 0.05) is 6.54 Å². The second-order valence-electron chi connectivity index (χ2n) is 5.88. The van der Waals surface area contributed by atoms with Crippen LogP contribution in [0.5, 0.6) is 5.75 Å². The third-order valence-electron chi connectivity index (χ3n) is 2.60. The highest BCUT2D eigenvalue weighted by atomic mass is 32.2. The number of amides is 1. The normalized spacial score (nSPS) is 12.0. The number of hydrogen-bond acceptors (Lipinski definition) is 4. The molecule has 0 atom stereocenters. The molecule has 6 nitrogen and oxygen atoms in total. The summed E-state index contributed by atoms with van der Waals surface area (Å²) in [6, 6.07) is 3.99. The van der Waals surface area contributed by atoms with Gasteiger partial charge in [0.2, 0.25) is 10.0 Å². The van der Waals surface area contributed by atoms with Crippen molar-refractivity contribution in [1.29, 1.82) is 0 Å². The van der Waals surface area contributed by atoms with E-state index in [0.717, 1.165) is 0 Å². The minimum absolute atomic E-state index is 0.0843. The summed E-state index contributed by atoms with van der Waals surface area (Å²) in [4.78, 5) is 12.1. The van der Waals surface area contributed by atoms with Crippen molar-refractivity contribution in [1.82, 2.24) is 5.32 Å². The van der Waals surface area contributed by atoms with Crippen molar-refractivity contribution in [3.8, 4) is 5.75 Å². The quantitative estimate of drug-likeness (QED) is 0.860. The Balaban J connectivity index is 3.14. The number of ether oxygens (including phenoxy) is 1. The smallest absolute Gasteiger partial charge is 0.255 e. The molecule has 0 aliphatic rings. The monoisotopic (exact) mass is 314 g/mol. The van der Waals surface area contributed by atoms with Gasteiger partial charge in [0.05, 0.1) is 17.1 Å². The summed E-state index contributed by atoms with van der Waals surface area (Å²) in [6.45, 7) is 8.56. The molecule has 1 amide bonds. The molecule has 0 fully saturated rings. The Hall–Kier alpha value is -1.60. The Morgan fingerprint density at radius 3 is 2.43 bits per heavy atom. The highest BCUT2D eigenvalue weighted by Crippen LogP contribution is 2.22. The van der Waals surface area contributed by atoms with E-state index in [4.69, 9.17) is 9.88 Å². The molecular formula is C14H22N2O4S. The van der Waals surface area contributed by atoms with Crippen molar-refractivity contribution in [2.75, 3.05) is 13.2 Å². The van der Waals surface area contributed by atoms with Crippen LogP contribution in [0.15, 0.2) is 23.1 Å². The first-order valence-corrected chi connectivity index (χ1v) is 8.17. The maximum atomic E-state index is 12.2. The van der Waals surface area contributed by atoms with Crippen LogP contribution in [0.3, 0.4) is 0 Å². The van der Waals surface area contributed by atoms with E-state index in [1.54, 1.807) is 6.92 Å². The lowest BCUT2D eigenvalue weighted by Crippen LogP contribution is -2.32. The van der Waals surface area contributed by atoms with Gasteiger partial charge in [-0.15, -0.1) is 0 Å². The van der Waals surface area contributed by atoms with E-state index in [9.17, 15) is 13.2 Å². The molecule has 1 aromatic carbocycles. The molecule has 0 bridgehead atoms. The Kier molecular flexibility index (Phi) is 5.36. The molecule has 0 aliphatic carbocycles. The maximum absolute atomic E-state index is 12.2. The van der Waals surface area contributed by atoms with E-state index in [0.29, 0.717) is 18.9 Å². The number of sulfonamides is 1. The molecule has 1 aromatic rings. The van der Waals surface area contributed by atoms with Gasteiger partial charge >= 0.3 is 0 Å². The van der Waals surface area contributed by atoms with Gasteiger partial charge in [-0.05, 0) is 30.5 Å². The predicted molar refractivity (Wildman–Crippen MR) is 80.8 cm³/mol. The lowest BCUT2D eigenvalue weighted by atomic mass is 9.97. The zero-order valence-corrected chi connectivity index (χ0v) is 13.6. The van der Waals surface area contributed by atoms with Gasteiger partial charge in [-0.2, -0.15) is 0 Å². The third kappa shape index (κ3) is 5.35. The van der Waals surface area contributed by atoms with Crippen LogP contribution in [0.25, 0.3) is 0 Å². The zero-order chi connectivity index (χ0) is 16.3. The first-order chi connectivity index (χ1) is 9.54. The molecule has 0 radical (unpaired) electrons. The van der Waals surface area contributed by atoms with E-state index >= 15 is 0 Å². The number of benzene rings is 1. The van der Waals surface area contributed by atoms with Crippen LogP contribution in [0.4, 0.5) is 0 Å². The summed E-state index contributed by atoms with van der Waals surface area (Å²) in [5.41, 5.74) is 0.0755. The van der Waals surface area contributed by atoms with Crippen LogP contribution < -0.4 is 15.2 Å². The molecule has 0 saturated heterocycles. The summed E-state index contributed by atoms with van der Waals surface area (Å²) in [5.74, 6) is -0.0600. The van der Waals surface area contributed by atoms with E-state index in [1.807, 2.05) is 20.8 Å². The zero-order valence-electron chi connectivity index (χ0n) is 12.8. The van der Waals surface area contributed by atoms with Crippen molar-refractivity contribution < 1.29 is 17.9 Å². The summed E-state index contributed by atoms with van der Waals surface area (Å²) in [6.07, 6.45) is 0. The van der Waals surface area contributed by atoms with E-state index in [-0.39, 0.29) is 21.8 Å². The SMILES string of the molecule is CCOc1ccc(S(N)(=O)=O)cc1C(=O)NCC(C)(C)C.